The van der Waals surface area contributed by atoms with Crippen molar-refractivity contribution in [3.8, 4) is 17.9 Å². The topological polar surface area (TPSA) is 89.1 Å². The SMILES string of the molecule is N#Cc1ccc(OC[C@H](O)CNc2ccc(C#N)c(C(F)(F)F)c2)cc1. The Labute approximate surface area is 147 Å². The molecule has 0 radical (unpaired) electrons. The predicted molar refractivity (Wildman–Crippen MR) is 87.3 cm³/mol. The van der Waals surface area contributed by atoms with E-state index < -0.39 is 23.4 Å². The van der Waals surface area contributed by atoms with Crippen LogP contribution in [0.1, 0.15) is 16.7 Å². The van der Waals surface area contributed by atoms with Crippen LogP contribution < -0.4 is 10.1 Å². The highest BCUT2D eigenvalue weighted by Crippen LogP contribution is 2.33. The number of anilines is 1. The Morgan fingerprint density at radius 1 is 1.08 bits per heavy atom. The van der Waals surface area contributed by atoms with Gasteiger partial charge in [0, 0.05) is 12.2 Å². The van der Waals surface area contributed by atoms with Crippen LogP contribution in [-0.4, -0.2) is 24.4 Å². The first-order valence-corrected chi connectivity index (χ1v) is 7.49. The lowest BCUT2D eigenvalue weighted by Crippen LogP contribution is -2.26. The molecule has 0 aromatic heterocycles. The minimum Gasteiger partial charge on any atom is -0.491 e. The zero-order valence-corrected chi connectivity index (χ0v) is 13.4. The fourth-order valence-corrected chi connectivity index (χ4v) is 2.10. The molecule has 0 aliphatic rings. The van der Waals surface area contributed by atoms with Crippen molar-refractivity contribution in [3.63, 3.8) is 0 Å². The molecule has 5 nitrogen and oxygen atoms in total. The fourth-order valence-electron chi connectivity index (χ4n) is 2.10. The molecule has 26 heavy (non-hydrogen) atoms. The van der Waals surface area contributed by atoms with E-state index in [1.165, 1.54) is 12.1 Å². The van der Waals surface area contributed by atoms with Crippen LogP contribution in [0.25, 0.3) is 0 Å². The Morgan fingerprint density at radius 2 is 1.77 bits per heavy atom. The summed E-state index contributed by atoms with van der Waals surface area (Å²) in [5, 5.41) is 30.0. The van der Waals surface area contributed by atoms with Gasteiger partial charge in [-0.15, -0.1) is 0 Å². The number of benzene rings is 2. The molecule has 0 spiro atoms. The summed E-state index contributed by atoms with van der Waals surface area (Å²) >= 11 is 0. The number of rotatable bonds is 6. The van der Waals surface area contributed by atoms with E-state index in [0.717, 1.165) is 12.1 Å². The van der Waals surface area contributed by atoms with Gasteiger partial charge in [0.25, 0.3) is 0 Å². The smallest absolute Gasteiger partial charge is 0.417 e. The van der Waals surface area contributed by atoms with Crippen molar-refractivity contribution in [1.29, 1.82) is 10.5 Å². The van der Waals surface area contributed by atoms with Crippen LogP contribution in [0.5, 0.6) is 5.75 Å². The van der Waals surface area contributed by atoms with Gasteiger partial charge in [-0.25, -0.2) is 0 Å². The van der Waals surface area contributed by atoms with E-state index in [-0.39, 0.29) is 18.8 Å². The van der Waals surface area contributed by atoms with Gasteiger partial charge in [-0.3, -0.25) is 0 Å². The van der Waals surface area contributed by atoms with Gasteiger partial charge in [-0.1, -0.05) is 0 Å². The number of hydrogen-bond acceptors (Lipinski definition) is 5. The van der Waals surface area contributed by atoms with Crippen LogP contribution >= 0.6 is 0 Å². The molecule has 0 saturated carbocycles. The largest absolute Gasteiger partial charge is 0.491 e. The van der Waals surface area contributed by atoms with E-state index in [1.807, 2.05) is 6.07 Å². The highest BCUT2D eigenvalue weighted by atomic mass is 19.4. The summed E-state index contributed by atoms with van der Waals surface area (Å²) in [5.74, 6) is 0.459. The second kappa shape index (κ2) is 8.24. The van der Waals surface area contributed by atoms with Gasteiger partial charge in [0.05, 0.1) is 28.8 Å². The fraction of sp³-hybridized carbons (Fsp3) is 0.222. The summed E-state index contributed by atoms with van der Waals surface area (Å²) in [4.78, 5) is 0. The lowest BCUT2D eigenvalue weighted by Gasteiger charge is -2.15. The Bertz CT molecular complexity index is 837. The average Bonchev–Trinajstić information content (AvgIpc) is 2.64. The summed E-state index contributed by atoms with van der Waals surface area (Å²) in [5.41, 5.74) is -0.893. The maximum Gasteiger partial charge on any atom is 0.417 e. The Kier molecular flexibility index (Phi) is 6.05. The average molecular weight is 361 g/mol. The molecular weight excluding hydrogens is 347 g/mol. The first-order valence-electron chi connectivity index (χ1n) is 7.49. The van der Waals surface area contributed by atoms with Crippen LogP contribution in [0.2, 0.25) is 0 Å². The standard InChI is InChI=1S/C18H14F3N3O2/c19-18(20,21)17-7-14(4-3-13(17)9-23)24-10-15(25)11-26-16-5-1-12(8-22)2-6-16/h1-7,15,24-25H,10-11H2/t15-/m1/s1. The molecule has 0 unspecified atom stereocenters. The van der Waals surface area contributed by atoms with Crippen molar-refractivity contribution >= 4 is 5.69 Å². The zero-order chi connectivity index (χ0) is 19.2. The third kappa shape index (κ3) is 5.13. The van der Waals surface area contributed by atoms with E-state index in [1.54, 1.807) is 24.3 Å². The van der Waals surface area contributed by atoms with Gasteiger partial charge in [0.2, 0.25) is 0 Å². The molecule has 0 fully saturated rings. The lowest BCUT2D eigenvalue weighted by atomic mass is 10.1. The first-order chi connectivity index (χ1) is 12.3. The highest BCUT2D eigenvalue weighted by Gasteiger charge is 2.33. The minimum absolute atomic E-state index is 0.0422. The molecule has 0 bridgehead atoms. The molecule has 0 amide bonds. The van der Waals surface area contributed by atoms with Gasteiger partial charge in [-0.05, 0) is 42.5 Å². The van der Waals surface area contributed by atoms with Gasteiger partial charge in [-0.2, -0.15) is 23.7 Å². The molecule has 2 aromatic rings. The number of nitrogens with one attached hydrogen (secondary N) is 1. The van der Waals surface area contributed by atoms with Crippen molar-refractivity contribution in [1.82, 2.24) is 0 Å². The van der Waals surface area contributed by atoms with E-state index in [2.05, 4.69) is 5.32 Å². The highest BCUT2D eigenvalue weighted by molar-refractivity contribution is 5.53. The molecule has 8 heteroatoms. The van der Waals surface area contributed by atoms with Crippen molar-refractivity contribution in [3.05, 3.63) is 59.2 Å². The number of alkyl halides is 3. The number of halogens is 3. The van der Waals surface area contributed by atoms with E-state index in [0.29, 0.717) is 11.3 Å². The molecule has 1 atom stereocenters. The van der Waals surface area contributed by atoms with Gasteiger partial charge in [0.1, 0.15) is 18.5 Å². The molecule has 2 aromatic carbocycles. The molecule has 2 rings (SSSR count). The van der Waals surface area contributed by atoms with Crippen LogP contribution in [0.3, 0.4) is 0 Å². The Hall–Kier alpha value is -3.23. The zero-order valence-electron chi connectivity index (χ0n) is 13.4. The van der Waals surface area contributed by atoms with E-state index in [9.17, 15) is 18.3 Å². The number of hydrogen-bond donors (Lipinski definition) is 2. The first kappa shape index (κ1) is 19.1. The van der Waals surface area contributed by atoms with Gasteiger partial charge < -0.3 is 15.2 Å². The Morgan fingerprint density at radius 3 is 2.35 bits per heavy atom. The molecule has 0 aliphatic heterocycles. The van der Waals surface area contributed by atoms with Gasteiger partial charge in [0.15, 0.2) is 0 Å². The summed E-state index contributed by atoms with van der Waals surface area (Å²) in [6, 6.07) is 13.0. The molecule has 0 saturated heterocycles. The number of nitrogens with zero attached hydrogens (tertiary/aromatic N) is 2. The van der Waals surface area contributed by atoms with Crippen LogP contribution in [0.4, 0.5) is 18.9 Å². The molecule has 0 heterocycles. The van der Waals surface area contributed by atoms with Crippen molar-refractivity contribution in [2.24, 2.45) is 0 Å². The predicted octanol–water partition coefficient (Wildman–Crippen LogP) is 3.30. The second-order valence-corrected chi connectivity index (χ2v) is 5.35. The molecule has 0 aliphatic carbocycles. The summed E-state index contributed by atoms with van der Waals surface area (Å²) in [6.45, 7) is -0.124. The quantitative estimate of drug-likeness (QED) is 0.824. The second-order valence-electron chi connectivity index (χ2n) is 5.35. The van der Waals surface area contributed by atoms with Crippen LogP contribution in [0, 0.1) is 22.7 Å². The van der Waals surface area contributed by atoms with E-state index in [4.69, 9.17) is 15.3 Å². The molecular formula is C18H14F3N3O2. The van der Waals surface area contributed by atoms with Crippen LogP contribution in [-0.2, 0) is 6.18 Å². The summed E-state index contributed by atoms with van der Waals surface area (Å²) < 4.78 is 44.1. The Balaban J connectivity index is 1.91. The number of nitriles is 2. The van der Waals surface area contributed by atoms with Crippen molar-refractivity contribution in [2.45, 2.75) is 12.3 Å². The molecule has 2 N–H and O–H groups in total. The minimum atomic E-state index is -4.64. The van der Waals surface area contributed by atoms with Gasteiger partial charge >= 0.3 is 6.18 Å². The number of aliphatic hydroxyl groups excluding tert-OH is 1. The third-order valence-electron chi connectivity index (χ3n) is 3.41. The maximum absolute atomic E-state index is 12.9. The molecule has 134 valence electrons. The normalized spacial score (nSPS) is 11.9. The monoisotopic (exact) mass is 361 g/mol. The summed E-state index contributed by atoms with van der Waals surface area (Å²) in [6.07, 6.45) is -5.62. The van der Waals surface area contributed by atoms with Crippen molar-refractivity contribution < 1.29 is 23.0 Å². The summed E-state index contributed by atoms with van der Waals surface area (Å²) in [7, 11) is 0. The maximum atomic E-state index is 12.9. The van der Waals surface area contributed by atoms with E-state index >= 15 is 0 Å². The third-order valence-corrected chi connectivity index (χ3v) is 3.41. The number of aliphatic hydroxyl groups is 1. The van der Waals surface area contributed by atoms with Crippen LogP contribution in [0.15, 0.2) is 42.5 Å². The van der Waals surface area contributed by atoms with Crippen molar-refractivity contribution in [2.75, 3.05) is 18.5 Å². The number of ether oxygens (including phenoxy) is 1. The lowest BCUT2D eigenvalue weighted by molar-refractivity contribution is -0.137.